The maximum atomic E-state index is 12.7. The van der Waals surface area contributed by atoms with Gasteiger partial charge in [-0.3, -0.25) is 14.4 Å². The number of allylic oxidation sites excluding steroid dienone is 4. The van der Waals surface area contributed by atoms with Gasteiger partial charge in [0.1, 0.15) is 13.2 Å². The van der Waals surface area contributed by atoms with Crippen molar-refractivity contribution in [1.82, 2.24) is 0 Å². The molecule has 322 valence electrons. The molecular formula is C49H90O6. The van der Waals surface area contributed by atoms with Crippen LogP contribution in [-0.2, 0) is 28.6 Å². The van der Waals surface area contributed by atoms with Crippen molar-refractivity contribution in [2.45, 2.75) is 258 Å². The quantitative estimate of drug-likeness (QED) is 0.0266. The molecule has 6 nitrogen and oxygen atoms in total. The van der Waals surface area contributed by atoms with E-state index in [1.165, 1.54) is 141 Å². The summed E-state index contributed by atoms with van der Waals surface area (Å²) in [6.07, 6.45) is 48.8. The molecule has 0 rings (SSSR count). The van der Waals surface area contributed by atoms with Gasteiger partial charge in [-0.05, 0) is 70.6 Å². The van der Waals surface area contributed by atoms with Gasteiger partial charge in [-0.25, -0.2) is 0 Å². The van der Waals surface area contributed by atoms with Gasteiger partial charge in [0.15, 0.2) is 6.10 Å². The summed E-state index contributed by atoms with van der Waals surface area (Å²) in [7, 11) is 0. The topological polar surface area (TPSA) is 78.9 Å². The minimum Gasteiger partial charge on any atom is -0.462 e. The number of carbonyl (C=O) groups excluding carboxylic acids is 3. The van der Waals surface area contributed by atoms with Gasteiger partial charge < -0.3 is 14.2 Å². The summed E-state index contributed by atoms with van der Waals surface area (Å²) in [5.41, 5.74) is 0. The molecule has 1 atom stereocenters. The highest BCUT2D eigenvalue weighted by molar-refractivity contribution is 5.71. The van der Waals surface area contributed by atoms with Gasteiger partial charge in [-0.1, -0.05) is 186 Å². The summed E-state index contributed by atoms with van der Waals surface area (Å²) in [6.45, 7) is 6.58. The van der Waals surface area contributed by atoms with Crippen LogP contribution in [0.2, 0.25) is 0 Å². The number of hydrogen-bond donors (Lipinski definition) is 0. The van der Waals surface area contributed by atoms with Gasteiger partial charge in [0.2, 0.25) is 0 Å². The molecule has 0 aliphatic carbocycles. The molecule has 0 amide bonds. The smallest absolute Gasteiger partial charge is 0.306 e. The van der Waals surface area contributed by atoms with Crippen LogP contribution < -0.4 is 0 Å². The maximum absolute atomic E-state index is 12.7. The first-order valence-corrected chi connectivity index (χ1v) is 23.8. The minimum atomic E-state index is -0.772. The van der Waals surface area contributed by atoms with E-state index in [1.807, 2.05) is 0 Å². The predicted octanol–water partition coefficient (Wildman–Crippen LogP) is 15.2. The average Bonchev–Trinajstić information content (AvgIpc) is 3.18. The summed E-state index contributed by atoms with van der Waals surface area (Å²) in [4.78, 5) is 37.6. The average molecular weight is 775 g/mol. The lowest BCUT2D eigenvalue weighted by atomic mass is 10.1. The summed E-state index contributed by atoms with van der Waals surface area (Å²) in [5.74, 6) is -0.893. The normalized spacial score (nSPS) is 12.1. The third-order valence-corrected chi connectivity index (χ3v) is 10.4. The van der Waals surface area contributed by atoms with E-state index in [2.05, 4.69) is 45.1 Å². The molecule has 0 aliphatic heterocycles. The Morgan fingerprint density at radius 1 is 0.345 bits per heavy atom. The van der Waals surface area contributed by atoms with Crippen molar-refractivity contribution in [3.05, 3.63) is 24.3 Å². The predicted molar refractivity (Wildman–Crippen MR) is 233 cm³/mol. The van der Waals surface area contributed by atoms with Crippen LogP contribution in [0.1, 0.15) is 252 Å². The van der Waals surface area contributed by atoms with Crippen molar-refractivity contribution in [2.24, 2.45) is 0 Å². The van der Waals surface area contributed by atoms with Crippen molar-refractivity contribution in [2.75, 3.05) is 13.2 Å². The highest BCUT2D eigenvalue weighted by atomic mass is 16.6. The second-order valence-electron chi connectivity index (χ2n) is 16.0. The van der Waals surface area contributed by atoms with E-state index in [4.69, 9.17) is 14.2 Å². The molecule has 0 heterocycles. The third-order valence-electron chi connectivity index (χ3n) is 10.4. The van der Waals surface area contributed by atoms with Gasteiger partial charge in [0.25, 0.3) is 0 Å². The Kier molecular flexibility index (Phi) is 42.9. The number of ether oxygens (including phenoxy) is 3. The number of hydrogen-bond acceptors (Lipinski definition) is 6. The second-order valence-corrected chi connectivity index (χ2v) is 16.0. The zero-order valence-corrected chi connectivity index (χ0v) is 36.7. The van der Waals surface area contributed by atoms with Gasteiger partial charge >= 0.3 is 17.9 Å². The fraction of sp³-hybridized carbons (Fsp3) is 0.857. The fourth-order valence-electron chi connectivity index (χ4n) is 6.78. The first-order valence-electron chi connectivity index (χ1n) is 23.8. The Labute approximate surface area is 341 Å². The van der Waals surface area contributed by atoms with Crippen molar-refractivity contribution >= 4 is 17.9 Å². The molecule has 0 radical (unpaired) electrons. The Morgan fingerprint density at radius 3 is 0.909 bits per heavy atom. The monoisotopic (exact) mass is 775 g/mol. The number of esters is 3. The number of rotatable bonds is 43. The number of carbonyl (C=O) groups is 3. The van der Waals surface area contributed by atoms with Crippen LogP contribution in [0.25, 0.3) is 0 Å². The van der Waals surface area contributed by atoms with Crippen LogP contribution in [0.5, 0.6) is 0 Å². The Morgan fingerprint density at radius 2 is 0.600 bits per heavy atom. The standard InChI is InChI=1S/C49H90O6/c1-4-7-10-13-16-18-20-22-24-25-27-28-30-33-36-39-42-48(51)54-45-46(44-53-47(50)41-38-35-32-15-12-9-6-3)55-49(52)43-40-37-34-31-29-26-23-21-19-17-14-11-8-5-2/h21,23-25,46H,4-20,22,26-45H2,1-3H3/b23-21-,25-24-. The first-order chi connectivity index (χ1) is 27.0. The zero-order valence-electron chi connectivity index (χ0n) is 36.7. The van der Waals surface area contributed by atoms with Crippen molar-refractivity contribution < 1.29 is 28.6 Å². The van der Waals surface area contributed by atoms with E-state index in [0.717, 1.165) is 70.6 Å². The molecule has 0 bridgehead atoms. The van der Waals surface area contributed by atoms with E-state index >= 15 is 0 Å². The Bertz CT molecular complexity index is 896. The largest absolute Gasteiger partial charge is 0.462 e. The van der Waals surface area contributed by atoms with E-state index in [9.17, 15) is 14.4 Å². The van der Waals surface area contributed by atoms with Crippen LogP contribution in [-0.4, -0.2) is 37.2 Å². The first kappa shape index (κ1) is 52.9. The van der Waals surface area contributed by atoms with Gasteiger partial charge in [0.05, 0.1) is 0 Å². The van der Waals surface area contributed by atoms with Gasteiger partial charge in [-0.2, -0.15) is 0 Å². The molecule has 55 heavy (non-hydrogen) atoms. The zero-order chi connectivity index (χ0) is 40.1. The fourth-order valence-corrected chi connectivity index (χ4v) is 6.78. The van der Waals surface area contributed by atoms with E-state index in [1.54, 1.807) is 0 Å². The molecule has 0 fully saturated rings. The summed E-state index contributed by atoms with van der Waals surface area (Å²) in [6, 6.07) is 0. The lowest BCUT2D eigenvalue weighted by Gasteiger charge is -2.18. The minimum absolute atomic E-state index is 0.0753. The van der Waals surface area contributed by atoms with E-state index in [0.29, 0.717) is 19.3 Å². The second kappa shape index (κ2) is 44.6. The third kappa shape index (κ3) is 42.9. The van der Waals surface area contributed by atoms with Crippen LogP contribution in [0.15, 0.2) is 24.3 Å². The SMILES string of the molecule is CCCCCCC/C=C\CCCCCCCC(=O)OC(COC(=O)CCCCCCC/C=C\CCCCCCCCC)COC(=O)CCCCCCCCC. The van der Waals surface area contributed by atoms with Crippen molar-refractivity contribution in [1.29, 1.82) is 0 Å². The maximum Gasteiger partial charge on any atom is 0.306 e. The van der Waals surface area contributed by atoms with Gasteiger partial charge in [0, 0.05) is 19.3 Å². The molecule has 0 saturated carbocycles. The molecule has 0 spiro atoms. The van der Waals surface area contributed by atoms with Crippen molar-refractivity contribution in [3.63, 3.8) is 0 Å². The molecular weight excluding hydrogens is 685 g/mol. The van der Waals surface area contributed by atoms with E-state index < -0.39 is 6.10 Å². The van der Waals surface area contributed by atoms with Crippen LogP contribution >= 0.6 is 0 Å². The molecule has 0 aromatic carbocycles. The highest BCUT2D eigenvalue weighted by Crippen LogP contribution is 2.14. The molecule has 0 aromatic rings. The Hall–Kier alpha value is -2.11. The molecule has 0 aromatic heterocycles. The summed E-state index contributed by atoms with van der Waals surface area (Å²) >= 11 is 0. The summed E-state index contributed by atoms with van der Waals surface area (Å²) < 4.78 is 16.7. The lowest BCUT2D eigenvalue weighted by Crippen LogP contribution is -2.30. The van der Waals surface area contributed by atoms with Crippen LogP contribution in [0, 0.1) is 0 Å². The van der Waals surface area contributed by atoms with Crippen LogP contribution in [0.3, 0.4) is 0 Å². The highest BCUT2D eigenvalue weighted by Gasteiger charge is 2.19. The molecule has 1 unspecified atom stereocenters. The lowest BCUT2D eigenvalue weighted by molar-refractivity contribution is -0.167. The Balaban J connectivity index is 4.29. The van der Waals surface area contributed by atoms with Gasteiger partial charge in [-0.15, -0.1) is 0 Å². The molecule has 0 saturated heterocycles. The molecule has 0 aliphatic rings. The van der Waals surface area contributed by atoms with Crippen LogP contribution in [0.4, 0.5) is 0 Å². The summed E-state index contributed by atoms with van der Waals surface area (Å²) in [5, 5.41) is 0. The van der Waals surface area contributed by atoms with E-state index in [-0.39, 0.29) is 31.1 Å². The molecule has 0 N–H and O–H groups in total. The molecule has 6 heteroatoms. The van der Waals surface area contributed by atoms with Crippen molar-refractivity contribution in [3.8, 4) is 0 Å². The number of unbranched alkanes of at least 4 members (excludes halogenated alkanes) is 28.